The molecule has 1 aromatic rings. The van der Waals surface area contributed by atoms with E-state index in [4.69, 9.17) is 14.2 Å². The van der Waals surface area contributed by atoms with Gasteiger partial charge in [-0.1, -0.05) is 12.1 Å². The summed E-state index contributed by atoms with van der Waals surface area (Å²) in [5.74, 6) is -1.27. The van der Waals surface area contributed by atoms with Gasteiger partial charge >= 0.3 is 5.97 Å². The van der Waals surface area contributed by atoms with Crippen LogP contribution in [0.1, 0.15) is 32.3 Å². The van der Waals surface area contributed by atoms with Crippen LogP contribution in [0.25, 0.3) is 0 Å². The molecule has 0 saturated carbocycles. The second-order valence-corrected chi connectivity index (χ2v) is 6.26. The molecule has 1 saturated heterocycles. The van der Waals surface area contributed by atoms with Crippen LogP contribution in [-0.2, 0) is 30.3 Å². The molecule has 26 heavy (non-hydrogen) atoms. The highest BCUT2D eigenvalue weighted by Crippen LogP contribution is 2.13. The van der Waals surface area contributed by atoms with Crippen LogP contribution in [0, 0.1) is 5.82 Å². The van der Waals surface area contributed by atoms with Crippen molar-refractivity contribution in [2.75, 3.05) is 26.4 Å². The molecule has 6 nitrogen and oxygen atoms in total. The summed E-state index contributed by atoms with van der Waals surface area (Å²) in [4.78, 5) is 25.7. The Morgan fingerprint density at radius 1 is 1.42 bits per heavy atom. The van der Waals surface area contributed by atoms with E-state index in [2.05, 4.69) is 0 Å². The van der Waals surface area contributed by atoms with Crippen molar-refractivity contribution >= 4 is 11.9 Å². The van der Waals surface area contributed by atoms with Gasteiger partial charge in [0, 0.05) is 19.7 Å². The molecule has 7 heteroatoms. The molecular formula is C19H26FNO5. The number of benzene rings is 1. The molecule has 0 spiro atoms. The number of rotatable bonds is 9. The van der Waals surface area contributed by atoms with Crippen molar-refractivity contribution in [1.29, 1.82) is 0 Å². The number of esters is 1. The smallest absolute Gasteiger partial charge is 0.335 e. The largest absolute Gasteiger partial charge is 0.454 e. The predicted molar refractivity (Wildman–Crippen MR) is 92.8 cm³/mol. The van der Waals surface area contributed by atoms with Crippen LogP contribution in [0.3, 0.4) is 0 Å². The highest BCUT2D eigenvalue weighted by atomic mass is 19.1. The fourth-order valence-electron chi connectivity index (χ4n) is 2.67. The molecule has 0 bridgehead atoms. The summed E-state index contributed by atoms with van der Waals surface area (Å²) in [6.07, 6.45) is 1.18. The summed E-state index contributed by atoms with van der Waals surface area (Å²) in [6.45, 7) is 4.78. The molecule has 2 unspecified atom stereocenters. The molecule has 2 atom stereocenters. The van der Waals surface area contributed by atoms with E-state index in [0.29, 0.717) is 18.7 Å². The van der Waals surface area contributed by atoms with Gasteiger partial charge in [0.25, 0.3) is 5.91 Å². The fraction of sp³-hybridized carbons (Fsp3) is 0.579. The lowest BCUT2D eigenvalue weighted by Crippen LogP contribution is -2.36. The number of carbonyl (C=O) groups is 2. The Morgan fingerprint density at radius 3 is 2.88 bits per heavy atom. The van der Waals surface area contributed by atoms with Gasteiger partial charge in [-0.3, -0.25) is 4.79 Å². The maximum absolute atomic E-state index is 13.3. The molecule has 144 valence electrons. The van der Waals surface area contributed by atoms with E-state index in [1.807, 2.05) is 6.92 Å². The quantitative estimate of drug-likeness (QED) is 0.627. The number of carbonyl (C=O) groups excluding carboxylic acids is 2. The zero-order chi connectivity index (χ0) is 18.9. The van der Waals surface area contributed by atoms with E-state index < -0.39 is 12.1 Å². The summed E-state index contributed by atoms with van der Waals surface area (Å²) < 4.78 is 29.2. The first-order chi connectivity index (χ1) is 12.5. The SMILES string of the molecule is CCN(Cc1cccc(F)c1)C(=O)COC(=O)C(C)OCC1CCCO1. The summed E-state index contributed by atoms with van der Waals surface area (Å²) in [5.41, 5.74) is 0.680. The number of halogens is 1. The Bertz CT molecular complexity index is 603. The molecule has 1 aromatic carbocycles. The van der Waals surface area contributed by atoms with Gasteiger partial charge in [-0.2, -0.15) is 0 Å². The van der Waals surface area contributed by atoms with E-state index >= 15 is 0 Å². The summed E-state index contributed by atoms with van der Waals surface area (Å²) in [7, 11) is 0. The molecule has 2 rings (SSSR count). The predicted octanol–water partition coefficient (Wildman–Crippen LogP) is 2.30. The Balaban J connectivity index is 1.74. The number of ether oxygens (including phenoxy) is 3. The van der Waals surface area contributed by atoms with E-state index in [9.17, 15) is 14.0 Å². The van der Waals surface area contributed by atoms with Gasteiger partial charge < -0.3 is 19.1 Å². The lowest BCUT2D eigenvalue weighted by Gasteiger charge is -2.21. The van der Waals surface area contributed by atoms with Crippen LogP contribution < -0.4 is 0 Å². The van der Waals surface area contributed by atoms with Gasteiger partial charge in [-0.05, 0) is 44.4 Å². The standard InChI is InChI=1S/C19H26FNO5/c1-3-21(11-15-6-4-7-16(20)10-15)18(22)13-26-19(23)14(2)25-12-17-8-5-9-24-17/h4,6-7,10,14,17H,3,5,8-9,11-13H2,1-2H3. The average molecular weight is 367 g/mol. The Kier molecular flexibility index (Phi) is 8.00. The third kappa shape index (κ3) is 6.38. The van der Waals surface area contributed by atoms with Crippen LogP contribution in [0.15, 0.2) is 24.3 Å². The second-order valence-electron chi connectivity index (χ2n) is 6.26. The van der Waals surface area contributed by atoms with Crippen molar-refractivity contribution in [2.24, 2.45) is 0 Å². The first-order valence-electron chi connectivity index (χ1n) is 8.91. The van der Waals surface area contributed by atoms with E-state index in [1.54, 1.807) is 19.1 Å². The lowest BCUT2D eigenvalue weighted by molar-refractivity contribution is -0.162. The van der Waals surface area contributed by atoms with E-state index in [1.165, 1.54) is 17.0 Å². The molecule has 0 N–H and O–H groups in total. The minimum absolute atomic E-state index is 0.0220. The molecule has 1 fully saturated rings. The van der Waals surface area contributed by atoms with E-state index in [0.717, 1.165) is 19.4 Å². The van der Waals surface area contributed by atoms with Gasteiger partial charge in [0.2, 0.25) is 0 Å². The highest BCUT2D eigenvalue weighted by molar-refractivity contribution is 5.81. The second kappa shape index (κ2) is 10.2. The molecule has 1 amide bonds. The maximum Gasteiger partial charge on any atom is 0.335 e. The summed E-state index contributed by atoms with van der Waals surface area (Å²) in [5, 5.41) is 0. The van der Waals surface area contributed by atoms with Crippen molar-refractivity contribution in [3.8, 4) is 0 Å². The van der Waals surface area contributed by atoms with Crippen molar-refractivity contribution in [1.82, 2.24) is 4.90 Å². The van der Waals surface area contributed by atoms with Gasteiger partial charge in [0.1, 0.15) is 5.82 Å². The van der Waals surface area contributed by atoms with Crippen molar-refractivity contribution in [3.05, 3.63) is 35.6 Å². The molecule has 0 radical (unpaired) electrons. The zero-order valence-corrected chi connectivity index (χ0v) is 15.3. The highest BCUT2D eigenvalue weighted by Gasteiger charge is 2.22. The fourth-order valence-corrected chi connectivity index (χ4v) is 2.67. The first-order valence-corrected chi connectivity index (χ1v) is 8.91. The minimum Gasteiger partial charge on any atom is -0.454 e. The van der Waals surface area contributed by atoms with Crippen LogP contribution in [0.2, 0.25) is 0 Å². The van der Waals surface area contributed by atoms with E-state index in [-0.39, 0.29) is 31.0 Å². The van der Waals surface area contributed by atoms with Gasteiger partial charge in [0.15, 0.2) is 12.7 Å². The molecule has 0 aromatic heterocycles. The Labute approximate surface area is 153 Å². The number of amides is 1. The summed E-state index contributed by atoms with van der Waals surface area (Å²) in [6, 6.07) is 6.06. The molecule has 0 aliphatic carbocycles. The zero-order valence-electron chi connectivity index (χ0n) is 15.3. The molecule has 1 aliphatic rings. The average Bonchev–Trinajstić information content (AvgIpc) is 3.15. The number of hydrogen-bond donors (Lipinski definition) is 0. The molecular weight excluding hydrogens is 341 g/mol. The number of hydrogen-bond acceptors (Lipinski definition) is 5. The van der Waals surface area contributed by atoms with Gasteiger partial charge in [0.05, 0.1) is 12.7 Å². The Morgan fingerprint density at radius 2 is 2.23 bits per heavy atom. The molecule has 1 aliphatic heterocycles. The normalized spacial score (nSPS) is 17.7. The van der Waals surface area contributed by atoms with Gasteiger partial charge in [-0.15, -0.1) is 0 Å². The number of likely N-dealkylation sites (N-methyl/N-ethyl adjacent to an activating group) is 1. The third-order valence-corrected chi connectivity index (χ3v) is 4.22. The third-order valence-electron chi connectivity index (χ3n) is 4.22. The van der Waals surface area contributed by atoms with Crippen molar-refractivity contribution in [3.63, 3.8) is 0 Å². The van der Waals surface area contributed by atoms with Crippen LogP contribution in [0.4, 0.5) is 4.39 Å². The van der Waals surface area contributed by atoms with Crippen LogP contribution >= 0.6 is 0 Å². The lowest BCUT2D eigenvalue weighted by atomic mass is 10.2. The topological polar surface area (TPSA) is 65.1 Å². The summed E-state index contributed by atoms with van der Waals surface area (Å²) >= 11 is 0. The minimum atomic E-state index is -0.759. The van der Waals surface area contributed by atoms with Gasteiger partial charge in [-0.25, -0.2) is 9.18 Å². The van der Waals surface area contributed by atoms with Crippen molar-refractivity contribution < 1.29 is 28.2 Å². The Hall–Kier alpha value is -1.99. The van der Waals surface area contributed by atoms with Crippen LogP contribution in [0.5, 0.6) is 0 Å². The van der Waals surface area contributed by atoms with Crippen molar-refractivity contribution in [2.45, 2.75) is 45.4 Å². The number of nitrogens with zero attached hydrogens (tertiary/aromatic N) is 1. The first kappa shape index (κ1) is 20.3. The maximum atomic E-state index is 13.3. The van der Waals surface area contributed by atoms with Crippen LogP contribution in [-0.4, -0.2) is 55.3 Å². The monoisotopic (exact) mass is 367 g/mol. The molecule has 1 heterocycles.